The van der Waals surface area contributed by atoms with Gasteiger partial charge < -0.3 is 10.1 Å². The molecule has 0 bridgehead atoms. The zero-order chi connectivity index (χ0) is 12.1. The van der Waals surface area contributed by atoms with Crippen molar-refractivity contribution in [1.29, 1.82) is 0 Å². The molecule has 0 radical (unpaired) electrons. The summed E-state index contributed by atoms with van der Waals surface area (Å²) in [6, 6.07) is 1.38. The van der Waals surface area contributed by atoms with Crippen molar-refractivity contribution in [1.82, 2.24) is 0 Å². The first kappa shape index (κ1) is 13.5. The van der Waals surface area contributed by atoms with Crippen LogP contribution >= 0.6 is 31.9 Å². The van der Waals surface area contributed by atoms with Gasteiger partial charge in [0.25, 0.3) is 0 Å². The fourth-order valence-electron chi connectivity index (χ4n) is 1.20. The number of methoxy groups -OCH3 is 1. The van der Waals surface area contributed by atoms with Gasteiger partial charge in [-0.1, -0.05) is 12.2 Å². The summed E-state index contributed by atoms with van der Waals surface area (Å²) in [4.78, 5) is 0. The quantitative estimate of drug-likeness (QED) is 0.813. The van der Waals surface area contributed by atoms with Crippen molar-refractivity contribution >= 4 is 37.5 Å². The number of rotatable bonds is 4. The Morgan fingerprint density at radius 1 is 1.50 bits per heavy atom. The lowest BCUT2D eigenvalue weighted by molar-refractivity contribution is 0.408. The second kappa shape index (κ2) is 6.25. The van der Waals surface area contributed by atoms with Crippen molar-refractivity contribution in [3.63, 3.8) is 0 Å². The van der Waals surface area contributed by atoms with E-state index < -0.39 is 0 Å². The molecule has 0 fully saturated rings. The van der Waals surface area contributed by atoms with E-state index in [2.05, 4.69) is 37.2 Å². The number of hydrogen-bond acceptors (Lipinski definition) is 2. The lowest BCUT2D eigenvalue weighted by Gasteiger charge is -2.13. The van der Waals surface area contributed by atoms with Crippen molar-refractivity contribution in [3.05, 3.63) is 33.0 Å². The summed E-state index contributed by atoms with van der Waals surface area (Å²) >= 11 is 6.55. The third-order valence-electron chi connectivity index (χ3n) is 1.96. The summed E-state index contributed by atoms with van der Waals surface area (Å²) in [6.07, 6.45) is 3.80. The van der Waals surface area contributed by atoms with Gasteiger partial charge in [-0.2, -0.15) is 0 Å². The Balaban J connectivity index is 3.07. The highest BCUT2D eigenvalue weighted by atomic mass is 79.9. The molecule has 0 atom stereocenters. The van der Waals surface area contributed by atoms with Crippen molar-refractivity contribution < 1.29 is 9.13 Å². The molecule has 0 aliphatic carbocycles. The minimum atomic E-state index is -0.330. The summed E-state index contributed by atoms with van der Waals surface area (Å²) in [5.74, 6) is 0.244. The molecule has 1 rings (SSSR count). The lowest BCUT2D eigenvalue weighted by Crippen LogP contribution is -2.03. The Morgan fingerprint density at radius 2 is 2.19 bits per heavy atom. The Hall–Kier alpha value is -0.550. The first-order chi connectivity index (χ1) is 7.61. The van der Waals surface area contributed by atoms with Crippen LogP contribution in [0.15, 0.2) is 27.2 Å². The maximum Gasteiger partial charge on any atom is 0.149 e. The van der Waals surface area contributed by atoms with Crippen LogP contribution in [0.3, 0.4) is 0 Å². The molecular formula is C11H12Br2FNO. The third-order valence-corrected chi connectivity index (χ3v) is 3.31. The summed E-state index contributed by atoms with van der Waals surface area (Å²) in [5.41, 5.74) is 0.401. The SMILES string of the molecule is C/C=C\CNc1c(F)cc(Br)c(OC)c1Br. The second-order valence-corrected chi connectivity index (χ2v) is 4.66. The average molecular weight is 353 g/mol. The monoisotopic (exact) mass is 351 g/mol. The molecule has 0 aliphatic heterocycles. The summed E-state index contributed by atoms with van der Waals surface area (Å²) in [5, 5.41) is 2.97. The van der Waals surface area contributed by atoms with Crippen LogP contribution in [0.1, 0.15) is 6.92 Å². The van der Waals surface area contributed by atoms with Gasteiger partial charge in [0.2, 0.25) is 0 Å². The third kappa shape index (κ3) is 2.98. The van der Waals surface area contributed by atoms with Crippen molar-refractivity contribution in [2.24, 2.45) is 0 Å². The molecular weight excluding hydrogens is 341 g/mol. The highest BCUT2D eigenvalue weighted by Gasteiger charge is 2.15. The maximum atomic E-state index is 13.7. The van der Waals surface area contributed by atoms with Gasteiger partial charge in [-0.05, 0) is 44.8 Å². The van der Waals surface area contributed by atoms with Gasteiger partial charge in [-0.3, -0.25) is 0 Å². The van der Waals surface area contributed by atoms with Crippen LogP contribution in [-0.2, 0) is 0 Å². The van der Waals surface area contributed by atoms with Gasteiger partial charge in [-0.15, -0.1) is 0 Å². The highest BCUT2D eigenvalue weighted by Crippen LogP contribution is 2.40. The molecule has 0 saturated carbocycles. The van der Waals surface area contributed by atoms with E-state index in [4.69, 9.17) is 4.74 Å². The standard InChI is InChI=1S/C11H12Br2FNO/c1-3-4-5-15-10-8(14)6-7(12)11(16-2)9(10)13/h3-4,6,15H,5H2,1-2H3/b4-3-. The molecule has 0 heterocycles. The van der Waals surface area contributed by atoms with E-state index in [1.165, 1.54) is 6.07 Å². The number of nitrogens with one attached hydrogen (secondary N) is 1. The fourth-order valence-corrected chi connectivity index (χ4v) is 2.73. The van der Waals surface area contributed by atoms with Gasteiger partial charge in [0.1, 0.15) is 11.6 Å². The number of hydrogen-bond donors (Lipinski definition) is 1. The minimum Gasteiger partial charge on any atom is -0.494 e. The van der Waals surface area contributed by atoms with Crippen molar-refractivity contribution in [2.45, 2.75) is 6.92 Å². The average Bonchev–Trinajstić information content (AvgIpc) is 2.23. The van der Waals surface area contributed by atoms with E-state index in [1.54, 1.807) is 7.11 Å². The molecule has 88 valence electrons. The predicted octanol–water partition coefficient (Wildman–Crippen LogP) is 4.35. The van der Waals surface area contributed by atoms with Crippen LogP contribution in [0.2, 0.25) is 0 Å². The Labute approximate surface area is 111 Å². The van der Waals surface area contributed by atoms with Crippen LogP contribution in [0.4, 0.5) is 10.1 Å². The number of halogens is 3. The fraction of sp³-hybridized carbons (Fsp3) is 0.273. The second-order valence-electron chi connectivity index (χ2n) is 3.01. The van der Waals surface area contributed by atoms with Crippen LogP contribution in [0.5, 0.6) is 5.75 Å². The zero-order valence-corrected chi connectivity index (χ0v) is 12.2. The molecule has 5 heteroatoms. The molecule has 1 aromatic carbocycles. The molecule has 1 N–H and O–H groups in total. The van der Waals surface area contributed by atoms with Crippen LogP contribution in [0, 0.1) is 5.82 Å². The minimum absolute atomic E-state index is 0.330. The van der Waals surface area contributed by atoms with E-state index in [1.807, 2.05) is 19.1 Å². The van der Waals surface area contributed by atoms with Crippen molar-refractivity contribution in [2.75, 3.05) is 19.0 Å². The topological polar surface area (TPSA) is 21.3 Å². The Kier molecular flexibility index (Phi) is 5.28. The number of anilines is 1. The largest absolute Gasteiger partial charge is 0.494 e. The van der Waals surface area contributed by atoms with Gasteiger partial charge in [-0.25, -0.2) is 4.39 Å². The van der Waals surface area contributed by atoms with Gasteiger partial charge in [0, 0.05) is 6.54 Å². The molecule has 0 spiro atoms. The lowest BCUT2D eigenvalue weighted by atomic mass is 10.3. The van der Waals surface area contributed by atoms with Crippen molar-refractivity contribution in [3.8, 4) is 5.75 Å². The van der Waals surface area contributed by atoms with E-state index in [0.29, 0.717) is 26.9 Å². The number of allylic oxidation sites excluding steroid dienone is 1. The number of ether oxygens (including phenoxy) is 1. The molecule has 0 saturated heterocycles. The molecule has 0 unspecified atom stereocenters. The maximum absolute atomic E-state index is 13.7. The molecule has 0 aromatic heterocycles. The van der Waals surface area contributed by atoms with Crippen LogP contribution in [0.25, 0.3) is 0 Å². The van der Waals surface area contributed by atoms with E-state index in [-0.39, 0.29) is 5.82 Å². The Bertz CT molecular complexity index is 407. The van der Waals surface area contributed by atoms with Crippen LogP contribution < -0.4 is 10.1 Å². The summed E-state index contributed by atoms with van der Waals surface area (Å²) in [7, 11) is 1.54. The van der Waals surface area contributed by atoms with E-state index >= 15 is 0 Å². The normalized spacial score (nSPS) is 10.8. The van der Waals surface area contributed by atoms with Gasteiger partial charge >= 0.3 is 0 Å². The number of benzene rings is 1. The summed E-state index contributed by atoms with van der Waals surface area (Å²) in [6.45, 7) is 2.48. The molecule has 1 aromatic rings. The van der Waals surface area contributed by atoms with Gasteiger partial charge in [0.15, 0.2) is 0 Å². The first-order valence-electron chi connectivity index (χ1n) is 4.68. The van der Waals surface area contributed by atoms with E-state index in [9.17, 15) is 4.39 Å². The predicted molar refractivity (Wildman–Crippen MR) is 71.7 cm³/mol. The highest BCUT2D eigenvalue weighted by molar-refractivity contribution is 9.11. The molecule has 0 aliphatic rings. The van der Waals surface area contributed by atoms with Gasteiger partial charge in [0.05, 0.1) is 21.7 Å². The molecule has 2 nitrogen and oxygen atoms in total. The molecule has 16 heavy (non-hydrogen) atoms. The molecule has 0 amide bonds. The first-order valence-corrected chi connectivity index (χ1v) is 6.27. The Morgan fingerprint density at radius 3 is 2.75 bits per heavy atom. The van der Waals surface area contributed by atoms with Crippen LogP contribution in [-0.4, -0.2) is 13.7 Å². The summed E-state index contributed by atoms with van der Waals surface area (Å²) < 4.78 is 20.0. The van der Waals surface area contributed by atoms with E-state index in [0.717, 1.165) is 0 Å². The zero-order valence-electron chi connectivity index (χ0n) is 8.98. The smallest absolute Gasteiger partial charge is 0.149 e.